The predicted molar refractivity (Wildman–Crippen MR) is 122 cm³/mol. The lowest BCUT2D eigenvalue weighted by atomic mass is 10.2. The van der Waals surface area contributed by atoms with E-state index in [-0.39, 0.29) is 18.3 Å². The number of para-hydroxylation sites is 2. The third-order valence-corrected chi connectivity index (χ3v) is 5.38. The lowest BCUT2D eigenvalue weighted by Crippen LogP contribution is -2.19. The molecule has 0 spiro atoms. The molecule has 0 bridgehead atoms. The fraction of sp³-hybridized carbons (Fsp3) is 0.174. The number of halogens is 2. The second kappa shape index (κ2) is 10.3. The third kappa shape index (κ3) is 5.58. The summed E-state index contributed by atoms with van der Waals surface area (Å²) in [6, 6.07) is 15.7. The molecule has 2 aromatic heterocycles. The molecule has 0 saturated carbocycles. The van der Waals surface area contributed by atoms with Crippen molar-refractivity contribution >= 4 is 34.4 Å². The van der Waals surface area contributed by atoms with Crippen LogP contribution in [0, 0.1) is 0 Å². The summed E-state index contributed by atoms with van der Waals surface area (Å²) in [5, 5.41) is 2.86. The first-order chi connectivity index (χ1) is 16.0. The smallest absolute Gasteiger partial charge is 0.291 e. The zero-order chi connectivity index (χ0) is 23.2. The van der Waals surface area contributed by atoms with Gasteiger partial charge in [0.15, 0.2) is 16.7 Å². The van der Waals surface area contributed by atoms with E-state index in [4.69, 9.17) is 9.47 Å². The molecule has 0 fully saturated rings. The number of rotatable bonds is 9. The van der Waals surface area contributed by atoms with Crippen molar-refractivity contribution in [3.8, 4) is 11.5 Å². The van der Waals surface area contributed by atoms with Crippen LogP contribution in [0.3, 0.4) is 0 Å². The number of carbonyl (C=O) groups excluding carboxylic acids is 1. The number of aromatic nitrogens is 3. The summed E-state index contributed by atoms with van der Waals surface area (Å²) >= 11 is 0.308. The summed E-state index contributed by atoms with van der Waals surface area (Å²) in [6.07, 6.45) is 3.37. The Bertz CT molecular complexity index is 1250. The third-order valence-electron chi connectivity index (χ3n) is 4.68. The van der Waals surface area contributed by atoms with Crippen LogP contribution in [-0.4, -0.2) is 33.3 Å². The number of thioether (sulfide) groups is 1. The minimum atomic E-state index is -2.65. The zero-order valence-corrected chi connectivity index (χ0v) is 18.4. The quantitative estimate of drug-likeness (QED) is 0.348. The van der Waals surface area contributed by atoms with E-state index in [1.165, 1.54) is 11.7 Å². The molecule has 33 heavy (non-hydrogen) atoms. The van der Waals surface area contributed by atoms with Crippen molar-refractivity contribution in [2.75, 3.05) is 12.4 Å². The lowest BCUT2D eigenvalue weighted by molar-refractivity contribution is -0.116. The van der Waals surface area contributed by atoms with Crippen LogP contribution in [0.5, 0.6) is 11.5 Å². The van der Waals surface area contributed by atoms with Crippen LogP contribution in [0.4, 0.5) is 14.5 Å². The van der Waals surface area contributed by atoms with Gasteiger partial charge in [0, 0.05) is 29.7 Å². The number of amides is 1. The van der Waals surface area contributed by atoms with E-state index >= 15 is 0 Å². The Morgan fingerprint density at radius 1 is 1.15 bits per heavy atom. The number of nitrogens with zero attached hydrogens (tertiary/aromatic N) is 3. The van der Waals surface area contributed by atoms with Crippen molar-refractivity contribution in [1.29, 1.82) is 0 Å². The van der Waals surface area contributed by atoms with Gasteiger partial charge in [0.05, 0.1) is 18.1 Å². The molecule has 1 N–H and O–H groups in total. The van der Waals surface area contributed by atoms with Gasteiger partial charge in [-0.15, -0.1) is 0 Å². The molecule has 0 aliphatic carbocycles. The first-order valence-corrected chi connectivity index (χ1v) is 10.8. The monoisotopic (exact) mass is 470 g/mol. The van der Waals surface area contributed by atoms with Crippen LogP contribution in [-0.2, 0) is 17.9 Å². The number of anilines is 1. The Hall–Kier alpha value is -3.66. The molecule has 0 atom stereocenters. The number of alkyl halides is 2. The summed E-state index contributed by atoms with van der Waals surface area (Å²) in [7, 11) is 1.52. The topological polar surface area (TPSA) is 78.3 Å². The van der Waals surface area contributed by atoms with Gasteiger partial charge in [0.2, 0.25) is 5.91 Å². The van der Waals surface area contributed by atoms with E-state index in [0.29, 0.717) is 40.0 Å². The maximum atomic E-state index is 13.0. The van der Waals surface area contributed by atoms with Gasteiger partial charge in [-0.3, -0.25) is 9.78 Å². The van der Waals surface area contributed by atoms with Crippen LogP contribution in [0.25, 0.3) is 11.0 Å². The molecule has 4 aromatic rings. The van der Waals surface area contributed by atoms with E-state index in [9.17, 15) is 13.6 Å². The second-order valence-electron chi connectivity index (χ2n) is 6.91. The molecule has 170 valence electrons. The van der Waals surface area contributed by atoms with Crippen molar-refractivity contribution in [1.82, 2.24) is 14.5 Å². The minimum Gasteiger partial charge on any atom is -0.493 e. The van der Waals surface area contributed by atoms with Crippen molar-refractivity contribution in [3.05, 3.63) is 72.6 Å². The molecule has 10 heteroatoms. The Morgan fingerprint density at radius 2 is 2.00 bits per heavy atom. The normalized spacial score (nSPS) is 11.0. The average molecular weight is 471 g/mol. The number of hydrogen-bond donors (Lipinski definition) is 1. The van der Waals surface area contributed by atoms with E-state index in [2.05, 4.69) is 15.3 Å². The van der Waals surface area contributed by atoms with Crippen molar-refractivity contribution < 1.29 is 23.0 Å². The fourth-order valence-corrected chi connectivity index (χ4v) is 3.83. The SMILES string of the molecule is COc1ccc(NC(=O)Cn2c(SC(F)F)nc3ccccc32)cc1OCc1cccnc1. The first kappa shape index (κ1) is 22.5. The van der Waals surface area contributed by atoms with E-state index in [1.807, 2.05) is 12.1 Å². The Balaban J connectivity index is 1.51. The lowest BCUT2D eigenvalue weighted by Gasteiger charge is -2.14. The van der Waals surface area contributed by atoms with Crippen LogP contribution >= 0.6 is 11.8 Å². The van der Waals surface area contributed by atoms with Gasteiger partial charge in [0.1, 0.15) is 13.2 Å². The highest BCUT2D eigenvalue weighted by Crippen LogP contribution is 2.32. The van der Waals surface area contributed by atoms with Gasteiger partial charge in [-0.25, -0.2) is 4.98 Å². The second-order valence-corrected chi connectivity index (χ2v) is 7.87. The maximum absolute atomic E-state index is 13.0. The summed E-state index contributed by atoms with van der Waals surface area (Å²) < 4.78 is 38.7. The van der Waals surface area contributed by atoms with E-state index in [0.717, 1.165) is 5.56 Å². The number of hydrogen-bond acceptors (Lipinski definition) is 6. The Labute approximate surface area is 192 Å². The van der Waals surface area contributed by atoms with Gasteiger partial charge < -0.3 is 19.4 Å². The summed E-state index contributed by atoms with van der Waals surface area (Å²) in [5.74, 6) is -2.09. The first-order valence-electron chi connectivity index (χ1n) is 9.93. The fourth-order valence-electron chi connectivity index (χ4n) is 3.23. The molecule has 0 saturated heterocycles. The number of ether oxygens (including phenoxy) is 2. The highest BCUT2D eigenvalue weighted by molar-refractivity contribution is 7.99. The van der Waals surface area contributed by atoms with Crippen molar-refractivity contribution in [2.24, 2.45) is 0 Å². The molecule has 0 aliphatic heterocycles. The maximum Gasteiger partial charge on any atom is 0.291 e. The average Bonchev–Trinajstić information content (AvgIpc) is 3.14. The summed E-state index contributed by atoms with van der Waals surface area (Å²) in [5.41, 5.74) is 2.51. The predicted octanol–water partition coefficient (Wildman–Crippen LogP) is 4.97. The molecule has 7 nitrogen and oxygen atoms in total. The van der Waals surface area contributed by atoms with Crippen LogP contribution in [0.15, 0.2) is 72.1 Å². The summed E-state index contributed by atoms with van der Waals surface area (Å²) in [4.78, 5) is 21.1. The minimum absolute atomic E-state index is 0.0802. The molecule has 0 radical (unpaired) electrons. The van der Waals surface area contributed by atoms with Gasteiger partial charge in [0.25, 0.3) is 5.76 Å². The standard InChI is InChI=1S/C23H20F2N4O3S/c1-31-19-9-8-16(11-20(19)32-14-15-5-4-10-26-12-15)27-21(30)13-29-18-7-3-2-6-17(18)28-23(29)33-22(24)25/h2-12,22H,13-14H2,1H3,(H,27,30). The molecule has 1 amide bonds. The number of nitrogens with one attached hydrogen (secondary N) is 1. The molecule has 0 aliphatic rings. The zero-order valence-electron chi connectivity index (χ0n) is 17.6. The van der Waals surface area contributed by atoms with Crippen molar-refractivity contribution in [3.63, 3.8) is 0 Å². The van der Waals surface area contributed by atoms with Crippen LogP contribution in [0.1, 0.15) is 5.56 Å². The Kier molecular flexibility index (Phi) is 7.04. The summed E-state index contributed by atoms with van der Waals surface area (Å²) in [6.45, 7) is 0.101. The van der Waals surface area contributed by atoms with Gasteiger partial charge in [-0.2, -0.15) is 8.78 Å². The Morgan fingerprint density at radius 3 is 2.76 bits per heavy atom. The van der Waals surface area contributed by atoms with E-state index < -0.39 is 11.7 Å². The molecular formula is C23H20F2N4O3S. The van der Waals surface area contributed by atoms with Gasteiger partial charge >= 0.3 is 0 Å². The number of pyridine rings is 1. The molecule has 4 rings (SSSR count). The van der Waals surface area contributed by atoms with Gasteiger partial charge in [-0.05, 0) is 42.1 Å². The number of imidazole rings is 1. The number of benzene rings is 2. The molecular weight excluding hydrogens is 450 g/mol. The largest absolute Gasteiger partial charge is 0.493 e. The van der Waals surface area contributed by atoms with Crippen LogP contribution < -0.4 is 14.8 Å². The molecule has 2 aromatic carbocycles. The van der Waals surface area contributed by atoms with Gasteiger partial charge in [-0.1, -0.05) is 18.2 Å². The van der Waals surface area contributed by atoms with Crippen molar-refractivity contribution in [2.45, 2.75) is 24.1 Å². The van der Waals surface area contributed by atoms with Crippen LogP contribution in [0.2, 0.25) is 0 Å². The number of fused-ring (bicyclic) bond motifs is 1. The number of methoxy groups -OCH3 is 1. The molecule has 2 heterocycles. The molecule has 0 unspecified atom stereocenters. The number of carbonyl (C=O) groups is 1. The highest BCUT2D eigenvalue weighted by Gasteiger charge is 2.18. The highest BCUT2D eigenvalue weighted by atomic mass is 32.2. The van der Waals surface area contributed by atoms with E-state index in [1.54, 1.807) is 54.9 Å².